The number of halogens is 2. The summed E-state index contributed by atoms with van der Waals surface area (Å²) in [5, 5.41) is 3.85. The zero-order valence-electron chi connectivity index (χ0n) is 9.50. The Hall–Kier alpha value is -0.780. The van der Waals surface area contributed by atoms with Crippen LogP contribution < -0.4 is 5.32 Å². The third kappa shape index (κ3) is 2.73. The van der Waals surface area contributed by atoms with Crippen molar-refractivity contribution in [2.45, 2.75) is 13.0 Å². The van der Waals surface area contributed by atoms with Gasteiger partial charge in [-0.25, -0.2) is 9.37 Å². The molecule has 1 heterocycles. The molecule has 0 aliphatic carbocycles. The van der Waals surface area contributed by atoms with E-state index >= 15 is 0 Å². The summed E-state index contributed by atoms with van der Waals surface area (Å²) in [5.74, 6) is -0.252. The quantitative estimate of drug-likeness (QED) is 0.926. The Kier molecular flexibility index (Phi) is 3.91. The normalized spacial score (nSPS) is 12.7. The molecule has 0 aliphatic rings. The number of thiazole rings is 1. The lowest BCUT2D eigenvalue weighted by Crippen LogP contribution is -2.10. The van der Waals surface area contributed by atoms with E-state index in [-0.39, 0.29) is 11.9 Å². The fourth-order valence-corrected chi connectivity index (χ4v) is 2.75. The van der Waals surface area contributed by atoms with Crippen LogP contribution in [0, 0.1) is 5.82 Å². The van der Waals surface area contributed by atoms with Gasteiger partial charge in [0.05, 0.1) is 0 Å². The molecule has 2 nitrogen and oxygen atoms in total. The zero-order valence-corrected chi connectivity index (χ0v) is 11.9. The molecular weight excluding hydrogens is 303 g/mol. The van der Waals surface area contributed by atoms with Crippen molar-refractivity contribution in [3.05, 3.63) is 39.6 Å². The lowest BCUT2D eigenvalue weighted by atomic mass is 10.2. The minimum absolute atomic E-state index is 0.236. The summed E-state index contributed by atoms with van der Waals surface area (Å²) in [6.45, 7) is 2.05. The summed E-state index contributed by atoms with van der Waals surface area (Å²) in [4.78, 5) is 5.37. The maximum absolute atomic E-state index is 13.7. The highest BCUT2D eigenvalue weighted by atomic mass is 79.9. The molecule has 2 rings (SSSR count). The molecule has 0 saturated carbocycles. The van der Waals surface area contributed by atoms with Gasteiger partial charge in [0.2, 0.25) is 0 Å². The molecule has 1 unspecified atom stereocenters. The summed E-state index contributed by atoms with van der Waals surface area (Å²) >= 11 is 4.75. The SMILES string of the molecule is CNC(C)c1cnc(-c2ccc(Br)cc2F)s1. The van der Waals surface area contributed by atoms with Crippen LogP contribution in [0.25, 0.3) is 10.6 Å². The molecule has 0 bridgehead atoms. The Morgan fingerprint density at radius 1 is 1.47 bits per heavy atom. The summed E-state index contributed by atoms with van der Waals surface area (Å²) in [7, 11) is 1.89. The van der Waals surface area contributed by atoms with Gasteiger partial charge in [0.25, 0.3) is 0 Å². The van der Waals surface area contributed by atoms with Crippen LogP contribution >= 0.6 is 27.3 Å². The van der Waals surface area contributed by atoms with Gasteiger partial charge in [0, 0.05) is 27.2 Å². The Labute approximate surface area is 112 Å². The first-order valence-corrected chi connectivity index (χ1v) is 6.81. The summed E-state index contributed by atoms with van der Waals surface area (Å²) in [5.41, 5.74) is 0.549. The summed E-state index contributed by atoms with van der Waals surface area (Å²) < 4.78 is 14.5. The Morgan fingerprint density at radius 3 is 2.88 bits per heavy atom. The van der Waals surface area contributed by atoms with E-state index in [0.29, 0.717) is 10.6 Å². The second-order valence-corrected chi connectivity index (χ2v) is 5.68. The smallest absolute Gasteiger partial charge is 0.134 e. The van der Waals surface area contributed by atoms with Crippen LogP contribution in [0.5, 0.6) is 0 Å². The fraction of sp³-hybridized carbons (Fsp3) is 0.250. The van der Waals surface area contributed by atoms with Gasteiger partial charge in [-0.05, 0) is 32.2 Å². The number of nitrogens with one attached hydrogen (secondary N) is 1. The van der Waals surface area contributed by atoms with Gasteiger partial charge in [-0.2, -0.15) is 0 Å². The van der Waals surface area contributed by atoms with Crippen molar-refractivity contribution < 1.29 is 4.39 Å². The molecule has 0 fully saturated rings. The van der Waals surface area contributed by atoms with Crippen molar-refractivity contribution >= 4 is 27.3 Å². The number of hydrogen-bond acceptors (Lipinski definition) is 3. The van der Waals surface area contributed by atoms with Crippen LogP contribution in [-0.2, 0) is 0 Å². The van der Waals surface area contributed by atoms with E-state index < -0.39 is 0 Å². The highest BCUT2D eigenvalue weighted by molar-refractivity contribution is 9.10. The number of hydrogen-bond donors (Lipinski definition) is 1. The van der Waals surface area contributed by atoms with Crippen LogP contribution in [0.3, 0.4) is 0 Å². The lowest BCUT2D eigenvalue weighted by molar-refractivity contribution is 0.630. The molecular formula is C12H12BrFN2S. The summed E-state index contributed by atoms with van der Waals surface area (Å²) in [6, 6.07) is 5.25. The van der Waals surface area contributed by atoms with Gasteiger partial charge < -0.3 is 5.32 Å². The summed E-state index contributed by atoms with van der Waals surface area (Å²) in [6.07, 6.45) is 1.79. The lowest BCUT2D eigenvalue weighted by Gasteiger charge is -2.05. The highest BCUT2D eigenvalue weighted by Crippen LogP contribution is 2.31. The first kappa shape index (κ1) is 12.7. The van der Waals surface area contributed by atoms with Gasteiger partial charge in [0.15, 0.2) is 0 Å². The van der Waals surface area contributed by atoms with Crippen LogP contribution in [0.15, 0.2) is 28.9 Å². The standard InChI is InChI=1S/C12H12BrFN2S/c1-7(15-2)11-6-16-12(17-11)9-4-3-8(13)5-10(9)14/h3-7,15H,1-2H3. The molecule has 0 radical (unpaired) electrons. The van der Waals surface area contributed by atoms with E-state index in [1.807, 2.05) is 13.1 Å². The van der Waals surface area contributed by atoms with Crippen LogP contribution in [-0.4, -0.2) is 12.0 Å². The Morgan fingerprint density at radius 2 is 2.24 bits per heavy atom. The third-order valence-electron chi connectivity index (χ3n) is 2.54. The van der Waals surface area contributed by atoms with Gasteiger partial charge in [-0.15, -0.1) is 11.3 Å². The number of rotatable bonds is 3. The van der Waals surface area contributed by atoms with E-state index in [0.717, 1.165) is 9.35 Å². The highest BCUT2D eigenvalue weighted by Gasteiger charge is 2.12. The van der Waals surface area contributed by atoms with E-state index in [4.69, 9.17) is 0 Å². The Balaban J connectivity index is 2.37. The molecule has 17 heavy (non-hydrogen) atoms. The molecule has 2 aromatic rings. The molecule has 0 aliphatic heterocycles. The zero-order chi connectivity index (χ0) is 12.4. The minimum atomic E-state index is -0.252. The molecule has 1 aromatic heterocycles. The van der Waals surface area contributed by atoms with Crippen molar-refractivity contribution in [2.75, 3.05) is 7.05 Å². The first-order valence-electron chi connectivity index (χ1n) is 5.20. The second-order valence-electron chi connectivity index (χ2n) is 3.70. The van der Waals surface area contributed by atoms with Crippen molar-refractivity contribution in [1.82, 2.24) is 10.3 Å². The minimum Gasteiger partial charge on any atom is -0.312 e. The number of benzene rings is 1. The average Bonchev–Trinajstić information content (AvgIpc) is 2.77. The predicted octanol–water partition coefficient (Wildman–Crippen LogP) is 3.99. The molecule has 0 saturated heterocycles. The van der Waals surface area contributed by atoms with Gasteiger partial charge in [-0.1, -0.05) is 15.9 Å². The van der Waals surface area contributed by atoms with Crippen molar-refractivity contribution in [3.63, 3.8) is 0 Å². The van der Waals surface area contributed by atoms with Crippen molar-refractivity contribution in [3.8, 4) is 10.6 Å². The fourth-order valence-electron chi connectivity index (χ4n) is 1.42. The number of nitrogens with zero attached hydrogens (tertiary/aromatic N) is 1. The van der Waals surface area contributed by atoms with E-state index in [1.165, 1.54) is 17.4 Å². The van der Waals surface area contributed by atoms with E-state index in [1.54, 1.807) is 12.3 Å². The molecule has 0 spiro atoms. The molecule has 0 amide bonds. The van der Waals surface area contributed by atoms with E-state index in [9.17, 15) is 4.39 Å². The maximum atomic E-state index is 13.7. The van der Waals surface area contributed by atoms with Crippen LogP contribution in [0.1, 0.15) is 17.8 Å². The van der Waals surface area contributed by atoms with Gasteiger partial charge >= 0.3 is 0 Å². The molecule has 90 valence electrons. The topological polar surface area (TPSA) is 24.9 Å². The molecule has 5 heteroatoms. The van der Waals surface area contributed by atoms with Crippen molar-refractivity contribution in [2.24, 2.45) is 0 Å². The second kappa shape index (κ2) is 5.25. The maximum Gasteiger partial charge on any atom is 0.134 e. The van der Waals surface area contributed by atoms with Crippen molar-refractivity contribution in [1.29, 1.82) is 0 Å². The molecule has 1 aromatic carbocycles. The van der Waals surface area contributed by atoms with Crippen LogP contribution in [0.4, 0.5) is 4.39 Å². The van der Waals surface area contributed by atoms with Gasteiger partial charge in [-0.3, -0.25) is 0 Å². The largest absolute Gasteiger partial charge is 0.312 e. The molecule has 1 atom stereocenters. The number of aromatic nitrogens is 1. The predicted molar refractivity (Wildman–Crippen MR) is 72.7 cm³/mol. The first-order chi connectivity index (χ1) is 8.11. The van der Waals surface area contributed by atoms with Crippen LogP contribution in [0.2, 0.25) is 0 Å². The molecule has 1 N–H and O–H groups in total. The average molecular weight is 315 g/mol. The van der Waals surface area contributed by atoms with Gasteiger partial charge in [0.1, 0.15) is 10.8 Å². The monoisotopic (exact) mass is 314 g/mol. The third-order valence-corrected chi connectivity index (χ3v) is 4.25. The van der Waals surface area contributed by atoms with E-state index in [2.05, 4.69) is 33.2 Å². The Bertz CT molecular complexity index is 527.